The summed E-state index contributed by atoms with van der Waals surface area (Å²) in [5.41, 5.74) is 6.59. The Kier molecular flexibility index (Phi) is 3.87. The van der Waals surface area contributed by atoms with Crippen LogP contribution in [0.1, 0.15) is 0 Å². The Balaban J connectivity index is 2.46. The van der Waals surface area contributed by atoms with Crippen LogP contribution < -0.4 is 10.9 Å². The van der Waals surface area contributed by atoms with Gasteiger partial charge in [0.15, 0.2) is 0 Å². The van der Waals surface area contributed by atoms with Crippen molar-refractivity contribution in [1.82, 2.24) is 5.43 Å². The third-order valence-corrected chi connectivity index (χ3v) is 1.64. The van der Waals surface area contributed by atoms with Gasteiger partial charge in [0.25, 0.3) is 0 Å². The van der Waals surface area contributed by atoms with E-state index in [0.29, 0.717) is 11.8 Å². The molecule has 1 rings (SSSR count). The number of hydrogen-bond donors (Lipinski definition) is 2. The first-order valence-electron chi connectivity index (χ1n) is 3.57. The molecule has 0 saturated carbocycles. The maximum absolute atomic E-state index is 5.86. The van der Waals surface area contributed by atoms with Gasteiger partial charge in [0, 0.05) is 7.11 Å². The van der Waals surface area contributed by atoms with E-state index >= 15 is 0 Å². The number of methoxy groups -OCH3 is 1. The molecule has 2 N–H and O–H groups in total. The molecule has 0 aromatic heterocycles. The number of benzene rings is 1. The molecule has 4 heteroatoms. The minimum absolute atomic E-state index is 0.436. The Morgan fingerprint density at radius 3 is 2.83 bits per heavy atom. The summed E-state index contributed by atoms with van der Waals surface area (Å²) < 4.78 is 4.79. The van der Waals surface area contributed by atoms with Crippen molar-refractivity contribution in [2.75, 3.05) is 19.3 Å². The summed E-state index contributed by atoms with van der Waals surface area (Å²) in [7, 11) is 1.61. The lowest BCUT2D eigenvalue weighted by Gasteiger charge is -2.07. The van der Waals surface area contributed by atoms with Gasteiger partial charge in [-0.1, -0.05) is 23.7 Å². The van der Waals surface area contributed by atoms with Gasteiger partial charge in [-0.3, -0.25) is 0 Å². The van der Waals surface area contributed by atoms with Crippen molar-refractivity contribution in [1.29, 1.82) is 0 Å². The highest BCUT2D eigenvalue weighted by molar-refractivity contribution is 6.33. The van der Waals surface area contributed by atoms with Crippen molar-refractivity contribution in [2.24, 2.45) is 0 Å². The van der Waals surface area contributed by atoms with Gasteiger partial charge in [0.2, 0.25) is 0 Å². The molecule has 0 spiro atoms. The molecule has 0 bridgehead atoms. The first-order chi connectivity index (χ1) is 5.84. The highest BCUT2D eigenvalue weighted by Gasteiger charge is 1.94. The van der Waals surface area contributed by atoms with E-state index in [4.69, 9.17) is 16.3 Å². The molecule has 0 fully saturated rings. The molecule has 3 nitrogen and oxygen atoms in total. The molecule has 12 heavy (non-hydrogen) atoms. The summed E-state index contributed by atoms with van der Waals surface area (Å²) in [4.78, 5) is 0. The molecular formula is C8H11ClN2O. The number of para-hydroxylation sites is 1. The van der Waals surface area contributed by atoms with Crippen molar-refractivity contribution < 1.29 is 4.74 Å². The predicted octanol–water partition coefficient (Wildman–Crippen LogP) is 1.86. The van der Waals surface area contributed by atoms with Gasteiger partial charge in [-0.15, -0.1) is 0 Å². The van der Waals surface area contributed by atoms with Crippen LogP contribution in [0, 0.1) is 0 Å². The van der Waals surface area contributed by atoms with Crippen LogP contribution in [-0.2, 0) is 4.74 Å². The number of ether oxygens (including phenoxy) is 1. The van der Waals surface area contributed by atoms with Crippen LogP contribution in [0.2, 0.25) is 5.02 Å². The fourth-order valence-corrected chi connectivity index (χ4v) is 0.949. The van der Waals surface area contributed by atoms with Crippen molar-refractivity contribution >= 4 is 17.3 Å². The molecule has 0 heterocycles. The van der Waals surface area contributed by atoms with Crippen LogP contribution in [0.3, 0.4) is 0 Å². The van der Waals surface area contributed by atoms with E-state index in [2.05, 4.69) is 10.9 Å². The first-order valence-corrected chi connectivity index (χ1v) is 3.94. The Morgan fingerprint density at radius 2 is 2.17 bits per heavy atom. The van der Waals surface area contributed by atoms with Crippen LogP contribution in [0.5, 0.6) is 0 Å². The van der Waals surface area contributed by atoms with Gasteiger partial charge in [-0.2, -0.15) is 0 Å². The summed E-state index contributed by atoms with van der Waals surface area (Å²) in [5, 5.41) is 0.682. The molecule has 0 aliphatic heterocycles. The minimum Gasteiger partial charge on any atom is -0.368 e. The highest BCUT2D eigenvalue weighted by atomic mass is 35.5. The largest absolute Gasteiger partial charge is 0.368 e. The minimum atomic E-state index is 0.436. The summed E-state index contributed by atoms with van der Waals surface area (Å²) in [6.07, 6.45) is 0. The van der Waals surface area contributed by atoms with Gasteiger partial charge in [-0.25, -0.2) is 5.43 Å². The Hall–Kier alpha value is -0.770. The third kappa shape index (κ3) is 2.70. The summed E-state index contributed by atoms with van der Waals surface area (Å²) in [5.74, 6) is 0. The number of rotatable bonds is 4. The van der Waals surface area contributed by atoms with Gasteiger partial charge in [-0.05, 0) is 12.1 Å². The molecule has 0 atom stereocenters. The third-order valence-electron chi connectivity index (χ3n) is 1.31. The maximum atomic E-state index is 5.86. The van der Waals surface area contributed by atoms with E-state index in [9.17, 15) is 0 Å². The normalized spacial score (nSPS) is 9.83. The van der Waals surface area contributed by atoms with Gasteiger partial charge in [0.1, 0.15) is 6.73 Å². The van der Waals surface area contributed by atoms with Gasteiger partial charge >= 0.3 is 0 Å². The van der Waals surface area contributed by atoms with E-state index in [-0.39, 0.29) is 0 Å². The Bertz CT molecular complexity index is 242. The predicted molar refractivity (Wildman–Crippen MR) is 50.1 cm³/mol. The highest BCUT2D eigenvalue weighted by Crippen LogP contribution is 2.18. The number of hydrazine groups is 1. The summed E-state index contributed by atoms with van der Waals surface area (Å²) >= 11 is 5.86. The number of halogens is 1. The standard InChI is InChI=1S/C8H11ClN2O/c1-12-6-10-11-8-5-3-2-4-7(8)9/h2-5,10-11H,6H2,1H3. The van der Waals surface area contributed by atoms with E-state index in [0.717, 1.165) is 5.69 Å². The molecule has 1 aromatic rings. The number of hydrogen-bond acceptors (Lipinski definition) is 3. The Labute approximate surface area is 76.6 Å². The smallest absolute Gasteiger partial charge is 0.113 e. The zero-order valence-corrected chi connectivity index (χ0v) is 7.56. The quantitative estimate of drug-likeness (QED) is 0.428. The van der Waals surface area contributed by atoms with Crippen molar-refractivity contribution in [3.63, 3.8) is 0 Å². The van der Waals surface area contributed by atoms with E-state index in [1.165, 1.54) is 0 Å². The molecule has 0 aliphatic carbocycles. The van der Waals surface area contributed by atoms with E-state index in [1.54, 1.807) is 7.11 Å². The molecule has 0 radical (unpaired) electrons. The summed E-state index contributed by atoms with van der Waals surface area (Å²) in [6.45, 7) is 0.436. The van der Waals surface area contributed by atoms with E-state index in [1.807, 2.05) is 24.3 Å². The second-order valence-electron chi connectivity index (χ2n) is 2.21. The Morgan fingerprint density at radius 1 is 1.42 bits per heavy atom. The topological polar surface area (TPSA) is 33.3 Å². The second-order valence-corrected chi connectivity index (χ2v) is 2.62. The maximum Gasteiger partial charge on any atom is 0.113 e. The average Bonchev–Trinajstić information content (AvgIpc) is 2.09. The number of nitrogens with one attached hydrogen (secondary N) is 2. The lowest BCUT2D eigenvalue weighted by Crippen LogP contribution is -2.23. The van der Waals surface area contributed by atoms with Crippen LogP contribution in [0.4, 0.5) is 5.69 Å². The molecule has 0 unspecified atom stereocenters. The lowest BCUT2D eigenvalue weighted by molar-refractivity contribution is 0.182. The van der Waals surface area contributed by atoms with Crippen LogP contribution in [0.25, 0.3) is 0 Å². The molecule has 0 saturated heterocycles. The SMILES string of the molecule is COCNNc1ccccc1Cl. The lowest BCUT2D eigenvalue weighted by atomic mass is 10.3. The molecule has 0 amide bonds. The molecular weight excluding hydrogens is 176 g/mol. The number of anilines is 1. The average molecular weight is 187 g/mol. The summed E-state index contributed by atoms with van der Waals surface area (Å²) in [6, 6.07) is 7.48. The monoisotopic (exact) mass is 186 g/mol. The van der Waals surface area contributed by atoms with Crippen molar-refractivity contribution in [2.45, 2.75) is 0 Å². The molecule has 66 valence electrons. The zero-order valence-electron chi connectivity index (χ0n) is 6.80. The van der Waals surface area contributed by atoms with Crippen molar-refractivity contribution in [3.05, 3.63) is 29.3 Å². The molecule has 1 aromatic carbocycles. The van der Waals surface area contributed by atoms with Gasteiger partial charge < -0.3 is 10.2 Å². The van der Waals surface area contributed by atoms with Crippen LogP contribution >= 0.6 is 11.6 Å². The first kappa shape index (κ1) is 9.32. The zero-order chi connectivity index (χ0) is 8.81. The second kappa shape index (κ2) is 4.98. The fraction of sp³-hybridized carbons (Fsp3) is 0.250. The fourth-order valence-electron chi connectivity index (χ4n) is 0.766. The molecule has 0 aliphatic rings. The van der Waals surface area contributed by atoms with Gasteiger partial charge in [0.05, 0.1) is 10.7 Å². The van der Waals surface area contributed by atoms with Crippen LogP contribution in [0.15, 0.2) is 24.3 Å². The van der Waals surface area contributed by atoms with E-state index < -0.39 is 0 Å². The van der Waals surface area contributed by atoms with Crippen molar-refractivity contribution in [3.8, 4) is 0 Å². The van der Waals surface area contributed by atoms with Crippen LogP contribution in [-0.4, -0.2) is 13.8 Å².